The molecule has 2 heterocycles. The number of aliphatic hydroxyl groups is 2. The van der Waals surface area contributed by atoms with Crippen molar-refractivity contribution in [2.75, 3.05) is 0 Å². The molecule has 6 rings (SSSR count). The van der Waals surface area contributed by atoms with Crippen LogP contribution < -0.4 is 0 Å². The molecule has 0 amide bonds. The first kappa shape index (κ1) is 41.7. The van der Waals surface area contributed by atoms with E-state index < -0.39 is 118 Å². The summed E-state index contributed by atoms with van der Waals surface area (Å²) in [4.78, 5) is 4.15. The number of nitrogens with zero attached hydrogens (tertiary/aromatic N) is 6. The third-order valence-corrected chi connectivity index (χ3v) is 11.8. The lowest BCUT2D eigenvalue weighted by Gasteiger charge is -2.22. The minimum Gasteiger partial charge on any atom is -0.504 e. The van der Waals surface area contributed by atoms with E-state index in [-0.39, 0.29) is 21.8 Å². The molecule has 2 unspecified atom stereocenters. The number of pyridine rings is 2. The maximum Gasteiger partial charge on any atom is 0.295 e. The summed E-state index contributed by atoms with van der Waals surface area (Å²) in [7, 11) is -20.3. The van der Waals surface area contributed by atoms with Gasteiger partial charge in [0.15, 0.2) is 11.5 Å². The van der Waals surface area contributed by atoms with E-state index in [4.69, 9.17) is 0 Å². The highest BCUT2D eigenvalue weighted by Gasteiger charge is 2.31. The van der Waals surface area contributed by atoms with Gasteiger partial charge in [0, 0.05) is 34.3 Å². The van der Waals surface area contributed by atoms with Gasteiger partial charge in [-0.1, -0.05) is 12.1 Å². The summed E-state index contributed by atoms with van der Waals surface area (Å²) in [5.41, 5.74) is -3.98. The van der Waals surface area contributed by atoms with Gasteiger partial charge in [-0.05, 0) is 60.7 Å². The molecule has 0 saturated carbocycles. The molecule has 0 aliphatic rings. The Hall–Kier alpha value is -5.94. The number of rotatable bonds is 11. The predicted octanol–water partition coefficient (Wildman–Crippen LogP) is 4.78. The van der Waals surface area contributed by atoms with Crippen LogP contribution in [0.15, 0.2) is 125 Å². The molecule has 4 aromatic carbocycles. The number of azo groups is 2. The average molecular weight is 877 g/mol. The zero-order valence-corrected chi connectivity index (χ0v) is 31.7. The first-order valence-corrected chi connectivity index (χ1v) is 21.3. The quantitative estimate of drug-likeness (QED) is 0.0641. The van der Waals surface area contributed by atoms with Crippen LogP contribution in [0.3, 0.4) is 0 Å². The normalized spacial score (nSPS) is 14.1. The number of phenolic OH excluding ortho intramolecular Hbond substituents is 2. The maximum absolute atomic E-state index is 12.5. The topological polar surface area (TPSA) is 374 Å². The summed E-state index contributed by atoms with van der Waals surface area (Å²) < 4.78 is 137. The van der Waals surface area contributed by atoms with E-state index in [0.29, 0.717) is 12.1 Å². The molecule has 0 aliphatic heterocycles. The highest BCUT2D eigenvalue weighted by molar-refractivity contribution is 7.86. The molecule has 0 aliphatic carbocycles. The van der Waals surface area contributed by atoms with Crippen molar-refractivity contribution in [2.45, 2.75) is 31.8 Å². The van der Waals surface area contributed by atoms with E-state index in [1.807, 2.05) is 0 Å². The van der Waals surface area contributed by atoms with Crippen molar-refractivity contribution < 1.29 is 72.3 Å². The molecule has 26 heteroatoms. The van der Waals surface area contributed by atoms with E-state index in [1.165, 1.54) is 36.7 Å². The van der Waals surface area contributed by atoms with Crippen LogP contribution in [-0.4, -0.2) is 82.3 Å². The van der Waals surface area contributed by atoms with Crippen molar-refractivity contribution in [3.8, 4) is 11.5 Å². The minimum atomic E-state index is -5.29. The van der Waals surface area contributed by atoms with Gasteiger partial charge in [-0.2, -0.15) is 43.9 Å². The Labute approximate surface area is 326 Å². The number of aromatic nitrogens is 2. The molecule has 6 aromatic rings. The van der Waals surface area contributed by atoms with Crippen LogP contribution >= 0.6 is 0 Å². The number of aliphatic hydroxyl groups excluding tert-OH is 2. The Kier molecular flexibility index (Phi) is 10.9. The van der Waals surface area contributed by atoms with E-state index >= 15 is 0 Å². The number of phenols is 2. The smallest absolute Gasteiger partial charge is 0.295 e. The molecule has 22 nitrogen and oxygen atoms in total. The standard InChI is InChI=1S/C32H24N6O16S4/c39-29(19-7-5-15(11-23(19)55(43,44)45)35-37-21-13-25(57(49,50)51)17-3-1-9-33-27(17)31(21)41)30(40)20-8-6-16(12-24(20)56(46,47)48)36-38-22-14-26(58(52,53)54)18-4-2-10-34-28(18)32(22)42/h1-14,29-30,39-42H,(H,43,44,45)(H,46,47,48)(H,49,50,51)(H,52,53,54). The molecule has 58 heavy (non-hydrogen) atoms. The zero-order chi connectivity index (χ0) is 42.5. The molecule has 302 valence electrons. The lowest BCUT2D eigenvalue weighted by Crippen LogP contribution is -2.17. The van der Waals surface area contributed by atoms with Crippen molar-refractivity contribution in [2.24, 2.45) is 20.5 Å². The highest BCUT2D eigenvalue weighted by Crippen LogP contribution is 2.42. The second-order valence-electron chi connectivity index (χ2n) is 11.9. The van der Waals surface area contributed by atoms with Crippen molar-refractivity contribution in [3.05, 3.63) is 96.3 Å². The van der Waals surface area contributed by atoms with E-state index in [0.717, 1.165) is 36.4 Å². The fourth-order valence-corrected chi connectivity index (χ4v) is 8.54. The van der Waals surface area contributed by atoms with Gasteiger partial charge < -0.3 is 20.4 Å². The second-order valence-corrected chi connectivity index (χ2v) is 17.5. The van der Waals surface area contributed by atoms with E-state index in [1.54, 1.807) is 0 Å². The van der Waals surface area contributed by atoms with Crippen LogP contribution in [-0.2, 0) is 40.5 Å². The Morgan fingerprint density at radius 2 is 0.810 bits per heavy atom. The van der Waals surface area contributed by atoms with Crippen LogP contribution in [0.25, 0.3) is 21.8 Å². The van der Waals surface area contributed by atoms with E-state index in [9.17, 15) is 72.3 Å². The molecular formula is C32H24N6O16S4. The monoisotopic (exact) mass is 876 g/mol. The Bertz CT molecular complexity index is 2980. The lowest BCUT2D eigenvalue weighted by molar-refractivity contribution is 0.0138. The van der Waals surface area contributed by atoms with Crippen molar-refractivity contribution in [1.82, 2.24) is 9.97 Å². The first-order chi connectivity index (χ1) is 27.0. The van der Waals surface area contributed by atoms with Crippen LogP contribution in [0.4, 0.5) is 22.7 Å². The molecule has 0 spiro atoms. The Balaban J connectivity index is 1.36. The van der Waals surface area contributed by atoms with Gasteiger partial charge in [-0.15, -0.1) is 10.2 Å². The Morgan fingerprint density at radius 3 is 1.14 bits per heavy atom. The van der Waals surface area contributed by atoms with Gasteiger partial charge in [0.05, 0.1) is 11.4 Å². The molecule has 0 radical (unpaired) electrons. The fourth-order valence-electron chi connectivity index (χ4n) is 5.62. The van der Waals surface area contributed by atoms with Crippen LogP contribution in [0.1, 0.15) is 23.3 Å². The average Bonchev–Trinajstić information content (AvgIpc) is 3.15. The predicted molar refractivity (Wildman–Crippen MR) is 197 cm³/mol. The zero-order valence-electron chi connectivity index (χ0n) is 28.4. The molecule has 0 fully saturated rings. The van der Waals surface area contributed by atoms with Crippen molar-refractivity contribution in [3.63, 3.8) is 0 Å². The largest absolute Gasteiger partial charge is 0.504 e. The summed E-state index contributed by atoms with van der Waals surface area (Å²) in [6, 6.07) is 11.6. The molecule has 0 saturated heterocycles. The molecular weight excluding hydrogens is 853 g/mol. The van der Waals surface area contributed by atoms with Gasteiger partial charge in [0.25, 0.3) is 40.5 Å². The summed E-state index contributed by atoms with van der Waals surface area (Å²) in [5.74, 6) is -1.37. The summed E-state index contributed by atoms with van der Waals surface area (Å²) in [6.07, 6.45) is -2.33. The van der Waals surface area contributed by atoms with Crippen LogP contribution in [0.5, 0.6) is 11.5 Å². The Morgan fingerprint density at radius 1 is 0.466 bits per heavy atom. The van der Waals surface area contributed by atoms with Gasteiger partial charge in [-0.3, -0.25) is 28.2 Å². The number of benzene rings is 4. The van der Waals surface area contributed by atoms with Gasteiger partial charge in [0.2, 0.25) is 0 Å². The van der Waals surface area contributed by atoms with Gasteiger partial charge in [-0.25, -0.2) is 0 Å². The summed E-state index contributed by atoms with van der Waals surface area (Å²) in [5, 5.41) is 58.1. The minimum absolute atomic E-state index is 0.167. The van der Waals surface area contributed by atoms with Crippen molar-refractivity contribution in [1.29, 1.82) is 0 Å². The van der Waals surface area contributed by atoms with E-state index in [2.05, 4.69) is 30.4 Å². The van der Waals surface area contributed by atoms with Crippen LogP contribution in [0, 0.1) is 0 Å². The third-order valence-electron chi connectivity index (χ3n) is 8.20. The molecule has 2 atom stereocenters. The molecule has 8 N–H and O–H groups in total. The molecule has 2 aromatic heterocycles. The molecule has 0 bridgehead atoms. The number of aromatic hydroxyl groups is 2. The van der Waals surface area contributed by atoms with Crippen molar-refractivity contribution >= 4 is 85.0 Å². The number of hydrogen-bond donors (Lipinski definition) is 8. The van der Waals surface area contributed by atoms with Gasteiger partial charge >= 0.3 is 0 Å². The SMILES string of the molecule is O=S(=O)(O)c1cc(N=Nc2cc(S(=O)(=O)O)c3cccnc3c2O)ccc1C(O)C(O)c1ccc(N=Nc2cc(S(=O)(=O)O)c3cccnc3c2O)cc1S(=O)(=O)O. The summed E-state index contributed by atoms with van der Waals surface area (Å²) in [6.45, 7) is 0. The maximum atomic E-state index is 12.5. The highest BCUT2D eigenvalue weighted by atomic mass is 32.2. The second kappa shape index (κ2) is 15.1. The van der Waals surface area contributed by atoms with Gasteiger partial charge in [0.1, 0.15) is 54.2 Å². The first-order valence-electron chi connectivity index (χ1n) is 15.6. The number of hydrogen-bond acceptors (Lipinski definition) is 18. The lowest BCUT2D eigenvalue weighted by atomic mass is 9.97. The van der Waals surface area contributed by atoms with Crippen LogP contribution in [0.2, 0.25) is 0 Å². The third kappa shape index (κ3) is 8.36. The number of fused-ring (bicyclic) bond motifs is 2. The fraction of sp³-hybridized carbons (Fsp3) is 0.0625. The summed E-state index contributed by atoms with van der Waals surface area (Å²) >= 11 is 0.